The summed E-state index contributed by atoms with van der Waals surface area (Å²) >= 11 is 0. The van der Waals surface area contributed by atoms with E-state index in [1.807, 2.05) is 0 Å². The van der Waals surface area contributed by atoms with Gasteiger partial charge in [0.05, 0.1) is 0 Å². The molecule has 1 rings (SSSR count). The van der Waals surface area contributed by atoms with Crippen LogP contribution in [0.4, 0.5) is 0 Å². The van der Waals surface area contributed by atoms with Crippen LogP contribution in [0, 0.1) is 11.8 Å². The summed E-state index contributed by atoms with van der Waals surface area (Å²) in [7, 11) is 2.21. The Bertz CT molecular complexity index is 140. The molecule has 0 aromatic carbocycles. The quantitative estimate of drug-likeness (QED) is 0.549. The van der Waals surface area contributed by atoms with Crippen molar-refractivity contribution in [2.45, 2.75) is 20.3 Å². The van der Waals surface area contributed by atoms with Crippen LogP contribution in [0.1, 0.15) is 20.3 Å². The van der Waals surface area contributed by atoms with Crippen LogP contribution in [0.5, 0.6) is 0 Å². The zero-order valence-corrected chi connectivity index (χ0v) is 7.88. The molecule has 1 heteroatoms. The number of likely N-dealkylation sites (tertiary alicyclic amines) is 1. The third-order valence-corrected chi connectivity index (χ3v) is 2.63. The summed E-state index contributed by atoms with van der Waals surface area (Å²) in [6, 6.07) is 0. The first-order valence-corrected chi connectivity index (χ1v) is 4.53. The van der Waals surface area contributed by atoms with Crippen molar-refractivity contribution in [1.82, 2.24) is 4.90 Å². The number of nitrogens with zero attached hydrogens (tertiary/aromatic N) is 1. The Hall–Kier alpha value is -0.300. The van der Waals surface area contributed by atoms with Crippen LogP contribution in [0.15, 0.2) is 12.2 Å². The van der Waals surface area contributed by atoms with Gasteiger partial charge in [-0.3, -0.25) is 0 Å². The number of rotatable bonds is 2. The van der Waals surface area contributed by atoms with E-state index in [0.29, 0.717) is 0 Å². The molecule has 0 N–H and O–H groups in total. The molecule has 11 heavy (non-hydrogen) atoms. The van der Waals surface area contributed by atoms with E-state index in [4.69, 9.17) is 0 Å². The van der Waals surface area contributed by atoms with Gasteiger partial charge in [0.1, 0.15) is 0 Å². The lowest BCUT2D eigenvalue weighted by Crippen LogP contribution is -2.13. The maximum absolute atomic E-state index is 2.43. The van der Waals surface area contributed by atoms with E-state index in [-0.39, 0.29) is 0 Å². The Balaban J connectivity index is 2.34. The zero-order chi connectivity index (χ0) is 8.27. The lowest BCUT2D eigenvalue weighted by atomic mass is 9.95. The van der Waals surface area contributed by atoms with Gasteiger partial charge in [0.2, 0.25) is 0 Å². The molecule has 1 fully saturated rings. The van der Waals surface area contributed by atoms with Crippen molar-refractivity contribution in [3.05, 3.63) is 12.2 Å². The predicted molar refractivity (Wildman–Crippen MR) is 49.6 cm³/mol. The monoisotopic (exact) mass is 153 g/mol. The fraction of sp³-hybridized carbons (Fsp3) is 0.800. The predicted octanol–water partition coefficient (Wildman–Crippen LogP) is 2.15. The summed E-state index contributed by atoms with van der Waals surface area (Å²) in [5.74, 6) is 1.78. The van der Waals surface area contributed by atoms with Gasteiger partial charge in [0.25, 0.3) is 0 Å². The van der Waals surface area contributed by atoms with E-state index in [1.54, 1.807) is 0 Å². The summed E-state index contributed by atoms with van der Waals surface area (Å²) in [6.07, 6.45) is 5.72. The third-order valence-electron chi connectivity index (χ3n) is 2.63. The SMILES string of the molecule is C/C=C/CC1CN(C)C[C@@H]1C. The van der Waals surface area contributed by atoms with Crippen molar-refractivity contribution in [2.75, 3.05) is 20.1 Å². The highest BCUT2D eigenvalue weighted by atomic mass is 15.1. The lowest BCUT2D eigenvalue weighted by Gasteiger charge is -2.10. The lowest BCUT2D eigenvalue weighted by molar-refractivity contribution is 0.395. The molecule has 0 spiro atoms. The van der Waals surface area contributed by atoms with Crippen molar-refractivity contribution >= 4 is 0 Å². The molecule has 0 amide bonds. The molecule has 0 aromatic rings. The van der Waals surface area contributed by atoms with E-state index in [0.717, 1.165) is 11.8 Å². The van der Waals surface area contributed by atoms with E-state index >= 15 is 0 Å². The fourth-order valence-corrected chi connectivity index (χ4v) is 1.91. The maximum Gasteiger partial charge on any atom is 0.00127 e. The van der Waals surface area contributed by atoms with Crippen LogP contribution in [-0.4, -0.2) is 25.0 Å². The first-order chi connectivity index (χ1) is 5.24. The van der Waals surface area contributed by atoms with Crippen LogP contribution in [0.2, 0.25) is 0 Å². The van der Waals surface area contributed by atoms with Crippen LogP contribution in [0.25, 0.3) is 0 Å². The Kier molecular flexibility index (Phi) is 3.13. The highest BCUT2D eigenvalue weighted by molar-refractivity contribution is 4.87. The van der Waals surface area contributed by atoms with Crippen LogP contribution < -0.4 is 0 Å². The summed E-state index contributed by atoms with van der Waals surface area (Å²) in [6.45, 7) is 7.02. The normalized spacial score (nSPS) is 33.7. The van der Waals surface area contributed by atoms with Gasteiger partial charge in [-0.25, -0.2) is 0 Å². The summed E-state index contributed by atoms with van der Waals surface area (Å²) < 4.78 is 0. The first-order valence-electron chi connectivity index (χ1n) is 4.53. The maximum atomic E-state index is 2.43. The summed E-state index contributed by atoms with van der Waals surface area (Å²) in [5, 5.41) is 0. The van der Waals surface area contributed by atoms with Crippen molar-refractivity contribution in [3.8, 4) is 0 Å². The average Bonchev–Trinajstić information content (AvgIpc) is 2.26. The average molecular weight is 153 g/mol. The highest BCUT2D eigenvalue weighted by Gasteiger charge is 2.25. The van der Waals surface area contributed by atoms with E-state index in [9.17, 15) is 0 Å². The largest absolute Gasteiger partial charge is 0.306 e. The van der Waals surface area contributed by atoms with E-state index < -0.39 is 0 Å². The number of hydrogen-bond donors (Lipinski definition) is 0. The first kappa shape index (κ1) is 8.79. The smallest absolute Gasteiger partial charge is 0.00127 e. The van der Waals surface area contributed by atoms with Gasteiger partial charge < -0.3 is 4.90 Å². The molecule has 0 aromatic heterocycles. The van der Waals surface area contributed by atoms with Gasteiger partial charge in [0, 0.05) is 13.1 Å². The summed E-state index contributed by atoms with van der Waals surface area (Å²) in [4.78, 5) is 2.43. The topological polar surface area (TPSA) is 3.24 Å². The van der Waals surface area contributed by atoms with Gasteiger partial charge in [0.15, 0.2) is 0 Å². The third kappa shape index (κ3) is 2.33. The van der Waals surface area contributed by atoms with Gasteiger partial charge in [-0.1, -0.05) is 19.1 Å². The molecule has 64 valence electrons. The van der Waals surface area contributed by atoms with Crippen molar-refractivity contribution in [3.63, 3.8) is 0 Å². The molecule has 0 aliphatic carbocycles. The number of allylic oxidation sites excluding steroid dienone is 2. The second-order valence-electron chi connectivity index (χ2n) is 3.76. The molecule has 1 heterocycles. The van der Waals surface area contributed by atoms with Gasteiger partial charge in [-0.2, -0.15) is 0 Å². The highest BCUT2D eigenvalue weighted by Crippen LogP contribution is 2.24. The van der Waals surface area contributed by atoms with E-state index in [2.05, 4.69) is 37.9 Å². The van der Waals surface area contributed by atoms with E-state index in [1.165, 1.54) is 19.5 Å². The van der Waals surface area contributed by atoms with Gasteiger partial charge in [-0.05, 0) is 32.2 Å². The molecule has 2 atom stereocenters. The molecular weight excluding hydrogens is 134 g/mol. The molecule has 1 unspecified atom stereocenters. The molecule has 0 bridgehead atoms. The van der Waals surface area contributed by atoms with Gasteiger partial charge >= 0.3 is 0 Å². The molecule has 1 nitrogen and oxygen atoms in total. The standard InChI is InChI=1S/C10H19N/c1-4-5-6-10-8-11(3)7-9(10)2/h4-5,9-10H,6-8H2,1-3H3/b5-4+/t9-,10?/m0/s1. The molecular formula is C10H19N. The minimum Gasteiger partial charge on any atom is -0.306 e. The Morgan fingerprint density at radius 3 is 2.64 bits per heavy atom. The Morgan fingerprint density at radius 1 is 1.45 bits per heavy atom. The van der Waals surface area contributed by atoms with Crippen molar-refractivity contribution in [1.29, 1.82) is 0 Å². The molecule has 0 radical (unpaired) electrons. The van der Waals surface area contributed by atoms with Gasteiger partial charge in [-0.15, -0.1) is 0 Å². The Labute approximate surface area is 70.1 Å². The Morgan fingerprint density at radius 2 is 2.18 bits per heavy atom. The fourth-order valence-electron chi connectivity index (χ4n) is 1.91. The molecule has 1 aliphatic rings. The minimum absolute atomic E-state index is 0.885. The van der Waals surface area contributed by atoms with Crippen molar-refractivity contribution < 1.29 is 0 Å². The molecule has 1 aliphatic heterocycles. The molecule has 1 saturated heterocycles. The number of hydrogen-bond acceptors (Lipinski definition) is 1. The van der Waals surface area contributed by atoms with Crippen LogP contribution in [-0.2, 0) is 0 Å². The second kappa shape index (κ2) is 3.91. The molecule has 0 saturated carbocycles. The van der Waals surface area contributed by atoms with Crippen LogP contribution in [0.3, 0.4) is 0 Å². The minimum atomic E-state index is 0.885. The zero-order valence-electron chi connectivity index (χ0n) is 7.88. The summed E-state index contributed by atoms with van der Waals surface area (Å²) in [5.41, 5.74) is 0. The van der Waals surface area contributed by atoms with Crippen molar-refractivity contribution in [2.24, 2.45) is 11.8 Å². The second-order valence-corrected chi connectivity index (χ2v) is 3.76. The van der Waals surface area contributed by atoms with Crippen LogP contribution >= 0.6 is 0 Å².